The molecule has 1 heterocycles. The number of aromatic nitrogens is 2. The summed E-state index contributed by atoms with van der Waals surface area (Å²) in [4.78, 5) is 11.7. The molecule has 0 aliphatic carbocycles. The number of anilines is 2. The zero-order chi connectivity index (χ0) is 15.0. The lowest BCUT2D eigenvalue weighted by atomic mass is 10.2. The molecular formula is C16H30N4. The quantitative estimate of drug-likeness (QED) is 0.698. The van der Waals surface area contributed by atoms with Crippen LogP contribution in [-0.2, 0) is 6.42 Å². The fourth-order valence-electron chi connectivity index (χ4n) is 2.30. The minimum atomic E-state index is 0.891. The molecule has 0 saturated heterocycles. The van der Waals surface area contributed by atoms with Crippen LogP contribution in [0.1, 0.15) is 57.8 Å². The van der Waals surface area contributed by atoms with Crippen LogP contribution in [0.25, 0.3) is 0 Å². The van der Waals surface area contributed by atoms with E-state index in [2.05, 4.69) is 49.9 Å². The fraction of sp³-hybridized carbons (Fsp3) is 0.750. The van der Waals surface area contributed by atoms with E-state index in [9.17, 15) is 0 Å². The number of rotatable bonds is 9. The lowest BCUT2D eigenvalue weighted by Gasteiger charge is -2.22. The van der Waals surface area contributed by atoms with Gasteiger partial charge in [0.1, 0.15) is 17.5 Å². The molecule has 0 saturated carbocycles. The minimum Gasteiger partial charge on any atom is -0.370 e. The second-order valence-corrected chi connectivity index (χ2v) is 5.35. The number of aryl methyl sites for hydroxylation is 1. The van der Waals surface area contributed by atoms with Crippen molar-refractivity contribution in [3.63, 3.8) is 0 Å². The van der Waals surface area contributed by atoms with E-state index < -0.39 is 0 Å². The van der Waals surface area contributed by atoms with Crippen molar-refractivity contribution in [2.24, 2.45) is 0 Å². The molecule has 0 amide bonds. The number of nitrogens with zero attached hydrogens (tertiary/aromatic N) is 3. The van der Waals surface area contributed by atoms with Crippen LogP contribution in [0.3, 0.4) is 0 Å². The molecule has 0 radical (unpaired) electrons. The number of hydrogen-bond donors (Lipinski definition) is 1. The molecule has 114 valence electrons. The third-order valence-electron chi connectivity index (χ3n) is 3.44. The Hall–Kier alpha value is -1.32. The van der Waals surface area contributed by atoms with Gasteiger partial charge in [0, 0.05) is 32.1 Å². The van der Waals surface area contributed by atoms with Gasteiger partial charge in [-0.2, -0.15) is 0 Å². The van der Waals surface area contributed by atoms with Gasteiger partial charge in [0.15, 0.2) is 0 Å². The van der Waals surface area contributed by atoms with Gasteiger partial charge in [-0.25, -0.2) is 9.97 Å². The van der Waals surface area contributed by atoms with E-state index in [4.69, 9.17) is 4.98 Å². The Bertz CT molecular complexity index is 404. The Morgan fingerprint density at radius 1 is 1.05 bits per heavy atom. The monoisotopic (exact) mass is 278 g/mol. The van der Waals surface area contributed by atoms with E-state index >= 15 is 0 Å². The lowest BCUT2D eigenvalue weighted by Crippen LogP contribution is -2.22. The fourth-order valence-corrected chi connectivity index (χ4v) is 2.30. The van der Waals surface area contributed by atoms with Crippen molar-refractivity contribution in [1.82, 2.24) is 9.97 Å². The second-order valence-electron chi connectivity index (χ2n) is 5.35. The molecule has 4 heteroatoms. The first-order valence-corrected chi connectivity index (χ1v) is 7.96. The second kappa shape index (κ2) is 8.77. The molecule has 0 aliphatic rings. The maximum atomic E-state index is 4.76. The summed E-state index contributed by atoms with van der Waals surface area (Å²) < 4.78 is 0. The number of hydrogen-bond acceptors (Lipinski definition) is 4. The highest BCUT2D eigenvalue weighted by atomic mass is 15.2. The molecule has 0 bridgehead atoms. The van der Waals surface area contributed by atoms with Crippen molar-refractivity contribution >= 4 is 11.6 Å². The van der Waals surface area contributed by atoms with E-state index in [1.165, 1.54) is 19.3 Å². The molecule has 1 N–H and O–H groups in total. The SMILES string of the molecule is CCCCCN(C)c1nc(CCC)nc(NCC)c1C. The summed E-state index contributed by atoms with van der Waals surface area (Å²) in [5.74, 6) is 3.02. The third kappa shape index (κ3) is 4.66. The van der Waals surface area contributed by atoms with Crippen LogP contribution in [-0.4, -0.2) is 30.1 Å². The van der Waals surface area contributed by atoms with Gasteiger partial charge < -0.3 is 10.2 Å². The van der Waals surface area contributed by atoms with Crippen molar-refractivity contribution in [2.75, 3.05) is 30.4 Å². The molecule has 0 spiro atoms. The zero-order valence-electron chi connectivity index (χ0n) is 13.8. The average molecular weight is 278 g/mol. The van der Waals surface area contributed by atoms with Crippen molar-refractivity contribution < 1.29 is 0 Å². The summed E-state index contributed by atoms with van der Waals surface area (Å²) in [6, 6.07) is 0. The Kier molecular flexibility index (Phi) is 7.34. The molecule has 20 heavy (non-hydrogen) atoms. The molecule has 4 nitrogen and oxygen atoms in total. The topological polar surface area (TPSA) is 41.1 Å². The highest BCUT2D eigenvalue weighted by molar-refractivity contribution is 5.58. The maximum Gasteiger partial charge on any atom is 0.137 e. The van der Waals surface area contributed by atoms with Crippen molar-refractivity contribution in [3.8, 4) is 0 Å². The predicted octanol–water partition coefficient (Wildman–Crippen LogP) is 3.80. The van der Waals surface area contributed by atoms with Crippen LogP contribution < -0.4 is 10.2 Å². The Labute approximate surface area is 124 Å². The normalized spacial score (nSPS) is 10.7. The molecule has 0 atom stereocenters. The summed E-state index contributed by atoms with van der Waals surface area (Å²) in [6.45, 7) is 10.6. The summed E-state index contributed by atoms with van der Waals surface area (Å²) in [5.41, 5.74) is 1.16. The highest BCUT2D eigenvalue weighted by Gasteiger charge is 2.13. The number of nitrogens with one attached hydrogen (secondary N) is 1. The van der Waals surface area contributed by atoms with E-state index in [0.717, 1.165) is 49.0 Å². The molecule has 0 fully saturated rings. The molecule has 0 aliphatic heterocycles. The summed E-state index contributed by atoms with van der Waals surface area (Å²) >= 11 is 0. The summed E-state index contributed by atoms with van der Waals surface area (Å²) in [6.07, 6.45) is 5.76. The third-order valence-corrected chi connectivity index (χ3v) is 3.44. The molecule has 1 aromatic heterocycles. The predicted molar refractivity (Wildman–Crippen MR) is 87.7 cm³/mol. The Morgan fingerprint density at radius 2 is 1.80 bits per heavy atom. The standard InChI is InChI=1S/C16H30N4/c1-6-9-10-12-20(5)16-13(4)15(17-8-3)18-14(19-16)11-7-2/h6-12H2,1-5H3,(H,17,18,19). The lowest BCUT2D eigenvalue weighted by molar-refractivity contribution is 0.696. The molecule has 1 rings (SSSR count). The highest BCUT2D eigenvalue weighted by Crippen LogP contribution is 2.23. The van der Waals surface area contributed by atoms with Gasteiger partial charge in [0.05, 0.1) is 0 Å². The van der Waals surface area contributed by atoms with Gasteiger partial charge in [-0.1, -0.05) is 26.7 Å². The van der Waals surface area contributed by atoms with Gasteiger partial charge in [-0.3, -0.25) is 0 Å². The van der Waals surface area contributed by atoms with Crippen LogP contribution in [0, 0.1) is 6.92 Å². The maximum absolute atomic E-state index is 4.76. The minimum absolute atomic E-state index is 0.891. The van der Waals surface area contributed by atoms with Crippen LogP contribution in [0.5, 0.6) is 0 Å². The first kappa shape index (κ1) is 16.7. The van der Waals surface area contributed by atoms with E-state index in [-0.39, 0.29) is 0 Å². The van der Waals surface area contributed by atoms with Gasteiger partial charge in [-0.15, -0.1) is 0 Å². The Balaban J connectivity index is 2.96. The van der Waals surface area contributed by atoms with Crippen LogP contribution >= 0.6 is 0 Å². The summed E-state index contributed by atoms with van der Waals surface area (Å²) in [5, 5.41) is 3.36. The number of unbranched alkanes of at least 4 members (excludes halogenated alkanes) is 2. The van der Waals surface area contributed by atoms with E-state index in [1.54, 1.807) is 0 Å². The molecule has 1 aromatic rings. The Morgan fingerprint density at radius 3 is 2.40 bits per heavy atom. The smallest absolute Gasteiger partial charge is 0.137 e. The van der Waals surface area contributed by atoms with Crippen LogP contribution in [0.2, 0.25) is 0 Å². The van der Waals surface area contributed by atoms with Crippen LogP contribution in [0.15, 0.2) is 0 Å². The molecular weight excluding hydrogens is 248 g/mol. The molecule has 0 aromatic carbocycles. The van der Waals surface area contributed by atoms with Gasteiger partial charge in [0.25, 0.3) is 0 Å². The van der Waals surface area contributed by atoms with Crippen LogP contribution in [0.4, 0.5) is 11.6 Å². The average Bonchev–Trinajstić information content (AvgIpc) is 2.43. The molecule has 0 unspecified atom stereocenters. The van der Waals surface area contributed by atoms with Gasteiger partial charge in [0.2, 0.25) is 0 Å². The zero-order valence-corrected chi connectivity index (χ0v) is 13.8. The largest absolute Gasteiger partial charge is 0.370 e. The summed E-state index contributed by atoms with van der Waals surface area (Å²) in [7, 11) is 2.14. The first-order valence-electron chi connectivity index (χ1n) is 7.96. The van der Waals surface area contributed by atoms with E-state index in [1.807, 2.05) is 0 Å². The van der Waals surface area contributed by atoms with Crippen molar-refractivity contribution in [3.05, 3.63) is 11.4 Å². The van der Waals surface area contributed by atoms with Crippen molar-refractivity contribution in [2.45, 2.75) is 59.8 Å². The van der Waals surface area contributed by atoms with Crippen molar-refractivity contribution in [1.29, 1.82) is 0 Å². The first-order chi connectivity index (χ1) is 9.63. The van der Waals surface area contributed by atoms with Gasteiger partial charge in [-0.05, 0) is 26.7 Å². The van der Waals surface area contributed by atoms with Gasteiger partial charge >= 0.3 is 0 Å². The van der Waals surface area contributed by atoms with E-state index in [0.29, 0.717) is 0 Å².